The number of rotatable bonds is 9. The third kappa shape index (κ3) is 10.1. The van der Waals surface area contributed by atoms with Crippen molar-refractivity contribution >= 4 is 113 Å². The number of anilines is 6. The van der Waals surface area contributed by atoms with Crippen LogP contribution in [0.1, 0.15) is 13.8 Å². The Morgan fingerprint density at radius 1 is 0.247 bits per heavy atom. The lowest BCUT2D eigenvalue weighted by atomic mass is 9.92. The van der Waals surface area contributed by atoms with Crippen molar-refractivity contribution in [2.75, 3.05) is 9.80 Å². The average Bonchev–Trinajstić information content (AvgIpc) is 4.03. The van der Waals surface area contributed by atoms with Crippen molar-refractivity contribution in [2.24, 2.45) is 0 Å². The Balaban J connectivity index is 0.000000218. The van der Waals surface area contributed by atoms with Gasteiger partial charge in [-0.15, -0.1) is 22.7 Å². The van der Waals surface area contributed by atoms with E-state index in [0.29, 0.717) is 0 Å². The molecule has 13 rings (SSSR count). The van der Waals surface area contributed by atoms with Gasteiger partial charge in [-0.25, -0.2) is 0 Å². The van der Waals surface area contributed by atoms with E-state index in [1.807, 2.05) is 48.7 Å². The topological polar surface area (TPSA) is 6.48 Å². The van der Waals surface area contributed by atoms with Crippen LogP contribution in [0.5, 0.6) is 0 Å². The second-order valence-electron chi connectivity index (χ2n) is 17.5. The van der Waals surface area contributed by atoms with Gasteiger partial charge in [0.1, 0.15) is 0 Å². The number of nitrogens with zero attached hydrogens (tertiary/aromatic N) is 2. The van der Waals surface area contributed by atoms with Crippen molar-refractivity contribution in [1.82, 2.24) is 0 Å². The molecule has 0 aliphatic rings. The fraction of sp³-hybridized carbons (Fsp3) is 0.0294. The van der Waals surface area contributed by atoms with Crippen molar-refractivity contribution in [1.29, 1.82) is 0 Å². The molecule has 352 valence electrons. The number of halogens is 1. The van der Waals surface area contributed by atoms with Gasteiger partial charge in [-0.2, -0.15) is 0 Å². The molecule has 0 bridgehead atoms. The lowest BCUT2D eigenvalue weighted by molar-refractivity contribution is 1.28. The number of benzene rings is 11. The molecule has 0 N–H and O–H groups in total. The van der Waals surface area contributed by atoms with Crippen molar-refractivity contribution in [3.8, 4) is 33.4 Å². The van der Waals surface area contributed by atoms with E-state index in [2.05, 4.69) is 287 Å². The van der Waals surface area contributed by atoms with Gasteiger partial charge in [-0.3, -0.25) is 0 Å². The van der Waals surface area contributed by atoms with Gasteiger partial charge in [0.15, 0.2) is 0 Å². The van der Waals surface area contributed by atoms with Crippen molar-refractivity contribution in [3.63, 3.8) is 0 Å². The smallest absolute Gasteiger partial charge is 0.0462 e. The van der Waals surface area contributed by atoms with Crippen molar-refractivity contribution in [2.45, 2.75) is 13.8 Å². The third-order valence-electron chi connectivity index (χ3n) is 13.0. The summed E-state index contributed by atoms with van der Waals surface area (Å²) in [5.41, 5.74) is 14.1. The number of thiophene rings is 2. The first-order chi connectivity index (χ1) is 36.1. The number of hydrogen-bond acceptors (Lipinski definition) is 4. The summed E-state index contributed by atoms with van der Waals surface area (Å²) >= 11 is 7.23. The Morgan fingerprint density at radius 2 is 0.534 bits per heavy atom. The van der Waals surface area contributed by atoms with Crippen LogP contribution in [0.15, 0.2) is 277 Å². The van der Waals surface area contributed by atoms with Crippen molar-refractivity contribution < 1.29 is 0 Å². The molecule has 2 heterocycles. The highest BCUT2D eigenvalue weighted by Crippen LogP contribution is 2.42. The lowest BCUT2D eigenvalue weighted by Gasteiger charge is -2.25. The van der Waals surface area contributed by atoms with Crippen LogP contribution in [0.25, 0.3) is 73.7 Å². The number of para-hydroxylation sites is 4. The average molecular weight is 1040 g/mol. The maximum atomic E-state index is 3.49. The van der Waals surface area contributed by atoms with Crippen LogP contribution in [0.4, 0.5) is 34.1 Å². The highest BCUT2D eigenvalue weighted by molar-refractivity contribution is 9.10. The summed E-state index contributed by atoms with van der Waals surface area (Å²) in [6.45, 7) is 4.00. The van der Waals surface area contributed by atoms with E-state index in [4.69, 9.17) is 0 Å². The number of hydrogen-bond donors (Lipinski definition) is 0. The highest BCUT2D eigenvalue weighted by Gasteiger charge is 2.16. The van der Waals surface area contributed by atoms with E-state index < -0.39 is 0 Å². The minimum Gasteiger partial charge on any atom is -0.311 e. The summed E-state index contributed by atoms with van der Waals surface area (Å²) in [5, 5.41) is 5.30. The summed E-state index contributed by atoms with van der Waals surface area (Å²) in [4.78, 5) is 4.55. The molecule has 0 aliphatic heterocycles. The van der Waals surface area contributed by atoms with Crippen LogP contribution in [0, 0.1) is 0 Å². The van der Waals surface area contributed by atoms with Crippen LogP contribution in [0.2, 0.25) is 0 Å². The van der Waals surface area contributed by atoms with Gasteiger partial charge in [0.2, 0.25) is 0 Å². The molecule has 11 aromatic carbocycles. The maximum Gasteiger partial charge on any atom is 0.0462 e. The molecule has 0 aliphatic carbocycles. The predicted molar refractivity (Wildman–Crippen MR) is 323 cm³/mol. The van der Waals surface area contributed by atoms with E-state index in [1.54, 1.807) is 0 Å². The third-order valence-corrected chi connectivity index (χ3v) is 15.8. The molecule has 0 fully saturated rings. The standard InChI is InChI=1S/C48H31NS2.C18H14BrN.C2H6/c1-3-11-38(12-4-1)49(39-13-5-2-6-14-39)40-23-19-32(20-24-40)35-27-36(33-21-25-43-41-15-7-9-17-45(41)50-47(43)30-33)29-37(28-35)34-22-26-44-42-16-8-10-18-46(42)51-48(44)31-34;19-15-11-13-18(14-12-15)20(16-7-3-1-4-8-16)17-9-5-2-6-10-17;1-2/h1-31H;1-14H;1-2H3. The quantitative estimate of drug-likeness (QED) is 0.142. The van der Waals surface area contributed by atoms with Gasteiger partial charge in [-0.05, 0) is 161 Å². The Hall–Kier alpha value is -8.06. The monoisotopic (exact) mass is 1040 g/mol. The zero-order valence-electron chi connectivity index (χ0n) is 40.6. The van der Waals surface area contributed by atoms with Gasteiger partial charge in [0.05, 0.1) is 0 Å². The van der Waals surface area contributed by atoms with Gasteiger partial charge in [0, 0.05) is 78.9 Å². The van der Waals surface area contributed by atoms with E-state index >= 15 is 0 Å². The Morgan fingerprint density at radius 3 is 0.918 bits per heavy atom. The molecule has 0 spiro atoms. The normalized spacial score (nSPS) is 10.9. The van der Waals surface area contributed by atoms with Gasteiger partial charge in [0.25, 0.3) is 0 Å². The second kappa shape index (κ2) is 21.7. The Labute approximate surface area is 444 Å². The van der Waals surface area contributed by atoms with E-state index in [0.717, 1.165) is 38.6 Å². The summed E-state index contributed by atoms with van der Waals surface area (Å²) in [5.74, 6) is 0. The molecule has 0 unspecified atom stereocenters. The first kappa shape index (κ1) is 47.3. The van der Waals surface area contributed by atoms with Crippen molar-refractivity contribution in [3.05, 3.63) is 277 Å². The van der Waals surface area contributed by atoms with Crippen LogP contribution in [-0.2, 0) is 0 Å². The summed E-state index contributed by atoms with van der Waals surface area (Å²) in [6, 6.07) is 97.8. The first-order valence-electron chi connectivity index (χ1n) is 24.7. The fourth-order valence-corrected chi connectivity index (χ4v) is 12.1. The molecule has 5 heteroatoms. The van der Waals surface area contributed by atoms with E-state index in [1.165, 1.54) is 73.7 Å². The zero-order valence-corrected chi connectivity index (χ0v) is 43.8. The minimum absolute atomic E-state index is 1.09. The van der Waals surface area contributed by atoms with Crippen LogP contribution in [0.3, 0.4) is 0 Å². The SMILES string of the molecule is Brc1ccc(N(c2ccccc2)c2ccccc2)cc1.CC.c1ccc(N(c2ccccc2)c2ccc(-c3cc(-c4ccc5c(c4)sc4ccccc45)cc(-c4ccc5c(c4)sc4ccccc45)c3)cc2)cc1. The molecular weight excluding hydrogens is 989 g/mol. The molecular formula is C68H51BrN2S2. The predicted octanol–water partition coefficient (Wildman–Crippen LogP) is 21.8. The summed E-state index contributed by atoms with van der Waals surface area (Å²) in [7, 11) is 0. The molecule has 2 nitrogen and oxygen atoms in total. The Kier molecular flexibility index (Phi) is 14.1. The molecule has 2 aromatic heterocycles. The van der Waals surface area contributed by atoms with Crippen LogP contribution >= 0.6 is 38.6 Å². The first-order valence-corrected chi connectivity index (χ1v) is 27.2. The Bertz CT molecular complexity index is 3720. The molecule has 0 saturated carbocycles. The second-order valence-corrected chi connectivity index (χ2v) is 20.5. The number of fused-ring (bicyclic) bond motifs is 6. The van der Waals surface area contributed by atoms with Crippen LogP contribution in [-0.4, -0.2) is 0 Å². The van der Waals surface area contributed by atoms with Gasteiger partial charge < -0.3 is 9.80 Å². The molecule has 13 aromatic rings. The molecule has 73 heavy (non-hydrogen) atoms. The lowest BCUT2D eigenvalue weighted by Crippen LogP contribution is -2.09. The van der Waals surface area contributed by atoms with E-state index in [-0.39, 0.29) is 0 Å². The van der Waals surface area contributed by atoms with Crippen LogP contribution < -0.4 is 9.80 Å². The molecule has 0 atom stereocenters. The summed E-state index contributed by atoms with van der Waals surface area (Å²) in [6.07, 6.45) is 0. The minimum atomic E-state index is 1.09. The molecule has 0 saturated heterocycles. The van der Waals surface area contributed by atoms with Gasteiger partial charge in [-0.1, -0.05) is 175 Å². The van der Waals surface area contributed by atoms with E-state index in [9.17, 15) is 0 Å². The molecule has 0 radical (unpaired) electrons. The maximum absolute atomic E-state index is 3.49. The summed E-state index contributed by atoms with van der Waals surface area (Å²) < 4.78 is 6.38. The fourth-order valence-electron chi connectivity index (χ4n) is 9.53. The largest absolute Gasteiger partial charge is 0.311 e. The highest BCUT2D eigenvalue weighted by atomic mass is 79.9. The zero-order chi connectivity index (χ0) is 49.5. The molecule has 0 amide bonds. The van der Waals surface area contributed by atoms with Gasteiger partial charge >= 0.3 is 0 Å².